The molecule has 1 unspecified atom stereocenters. The molecule has 3 heterocycles. The lowest BCUT2D eigenvalue weighted by Crippen LogP contribution is -2.35. The van der Waals surface area contributed by atoms with E-state index >= 15 is 0 Å². The molecule has 1 atom stereocenters. The van der Waals surface area contributed by atoms with Crippen LogP contribution in [0.4, 0.5) is 11.4 Å². The second kappa shape index (κ2) is 10.2. The number of carbonyl (C=O) groups excluding carboxylic acids is 2. The molecule has 1 saturated heterocycles. The third-order valence-corrected chi connectivity index (χ3v) is 6.40. The van der Waals surface area contributed by atoms with Crippen LogP contribution in [0.3, 0.4) is 0 Å². The van der Waals surface area contributed by atoms with Gasteiger partial charge in [-0.1, -0.05) is 41.6 Å². The Morgan fingerprint density at radius 3 is 2.61 bits per heavy atom. The van der Waals surface area contributed by atoms with Crippen LogP contribution in [0.5, 0.6) is 0 Å². The van der Waals surface area contributed by atoms with Crippen molar-refractivity contribution in [3.63, 3.8) is 0 Å². The van der Waals surface area contributed by atoms with Gasteiger partial charge in [-0.15, -0.1) is 0 Å². The predicted octanol–water partition coefficient (Wildman–Crippen LogP) is 4.95. The Labute approximate surface area is 209 Å². The number of aryl methyl sites for hydroxylation is 1. The molecule has 0 bridgehead atoms. The zero-order valence-corrected chi connectivity index (χ0v) is 20.5. The van der Waals surface area contributed by atoms with Gasteiger partial charge in [0.25, 0.3) is 11.6 Å². The molecule has 0 saturated carbocycles. The Bertz CT molecular complexity index is 1390. The van der Waals surface area contributed by atoms with Crippen molar-refractivity contribution >= 4 is 34.3 Å². The summed E-state index contributed by atoms with van der Waals surface area (Å²) in [6.07, 6.45) is 2.53. The fourth-order valence-corrected chi connectivity index (χ4v) is 4.63. The molecule has 4 aromatic rings. The maximum atomic E-state index is 13.3. The molecule has 2 amide bonds. The number of benzene rings is 2. The summed E-state index contributed by atoms with van der Waals surface area (Å²) in [6.45, 7) is 5.68. The lowest BCUT2D eigenvalue weighted by molar-refractivity contribution is -0.116. The molecule has 1 aliphatic heterocycles. The van der Waals surface area contributed by atoms with Crippen molar-refractivity contribution in [2.45, 2.75) is 39.2 Å². The highest BCUT2D eigenvalue weighted by molar-refractivity contribution is 6.07. The van der Waals surface area contributed by atoms with E-state index in [-0.39, 0.29) is 24.3 Å². The van der Waals surface area contributed by atoms with Crippen molar-refractivity contribution in [3.8, 4) is 11.3 Å². The maximum absolute atomic E-state index is 13.3. The molecule has 1 fully saturated rings. The van der Waals surface area contributed by atoms with Gasteiger partial charge in [-0.2, -0.15) is 0 Å². The SMILES string of the molecule is Cc1noc2nc(-c3ccccc3)cc(C(=O)NC(C)CC(=O)Nc3cccc(N4CCCC4)c3)c12. The second-order valence-electron chi connectivity index (χ2n) is 9.24. The molecule has 36 heavy (non-hydrogen) atoms. The van der Waals surface area contributed by atoms with E-state index in [2.05, 4.69) is 31.7 Å². The number of carbonyl (C=O) groups is 2. The van der Waals surface area contributed by atoms with Gasteiger partial charge in [0.2, 0.25) is 5.91 Å². The van der Waals surface area contributed by atoms with Gasteiger partial charge in [0.05, 0.1) is 22.3 Å². The van der Waals surface area contributed by atoms with Gasteiger partial charge < -0.3 is 20.1 Å². The molecule has 8 heteroatoms. The average molecular weight is 484 g/mol. The van der Waals surface area contributed by atoms with Crippen LogP contribution in [0, 0.1) is 6.92 Å². The molecule has 8 nitrogen and oxygen atoms in total. The Morgan fingerprint density at radius 2 is 1.83 bits per heavy atom. The van der Waals surface area contributed by atoms with E-state index in [0.717, 1.165) is 30.0 Å². The van der Waals surface area contributed by atoms with Crippen LogP contribution in [0.25, 0.3) is 22.4 Å². The first-order valence-electron chi connectivity index (χ1n) is 12.3. The molecule has 1 aliphatic rings. The van der Waals surface area contributed by atoms with Gasteiger partial charge in [0, 0.05) is 42.5 Å². The Balaban J connectivity index is 1.28. The molecule has 2 aromatic heterocycles. The Hall–Kier alpha value is -4.20. The fourth-order valence-electron chi connectivity index (χ4n) is 4.63. The minimum absolute atomic E-state index is 0.141. The number of fused-ring (bicyclic) bond motifs is 1. The minimum atomic E-state index is -0.386. The average Bonchev–Trinajstić information content (AvgIpc) is 3.54. The third-order valence-electron chi connectivity index (χ3n) is 6.40. The van der Waals surface area contributed by atoms with E-state index in [1.807, 2.05) is 55.5 Å². The molecule has 184 valence electrons. The zero-order chi connectivity index (χ0) is 25.1. The van der Waals surface area contributed by atoms with Gasteiger partial charge in [0.15, 0.2) is 0 Å². The summed E-state index contributed by atoms with van der Waals surface area (Å²) in [5, 5.41) is 10.5. The summed E-state index contributed by atoms with van der Waals surface area (Å²) >= 11 is 0. The molecule has 0 spiro atoms. The van der Waals surface area contributed by atoms with Gasteiger partial charge in [-0.05, 0) is 51.0 Å². The van der Waals surface area contributed by atoms with Crippen LogP contribution in [-0.4, -0.2) is 41.1 Å². The molecule has 0 radical (unpaired) electrons. The van der Waals surface area contributed by atoms with Crippen LogP contribution < -0.4 is 15.5 Å². The van der Waals surface area contributed by atoms with Crippen molar-refractivity contribution in [1.82, 2.24) is 15.5 Å². The fraction of sp³-hybridized carbons (Fsp3) is 0.286. The minimum Gasteiger partial charge on any atom is -0.371 e. The number of pyridine rings is 1. The number of rotatable bonds is 7. The Morgan fingerprint density at radius 1 is 1.06 bits per heavy atom. The maximum Gasteiger partial charge on any atom is 0.259 e. The van der Waals surface area contributed by atoms with Crippen molar-refractivity contribution in [3.05, 3.63) is 71.9 Å². The quantitative estimate of drug-likeness (QED) is 0.386. The summed E-state index contributed by atoms with van der Waals surface area (Å²) in [6, 6.07) is 18.8. The van der Waals surface area contributed by atoms with E-state index in [4.69, 9.17) is 4.52 Å². The first kappa shape index (κ1) is 23.5. The summed E-state index contributed by atoms with van der Waals surface area (Å²) in [7, 11) is 0. The van der Waals surface area contributed by atoms with Crippen LogP contribution in [0.1, 0.15) is 42.2 Å². The highest BCUT2D eigenvalue weighted by Gasteiger charge is 2.21. The Kier molecular flexibility index (Phi) is 6.66. The predicted molar refractivity (Wildman–Crippen MR) is 140 cm³/mol. The van der Waals surface area contributed by atoms with Crippen molar-refractivity contribution in [2.24, 2.45) is 0 Å². The monoisotopic (exact) mass is 483 g/mol. The van der Waals surface area contributed by atoms with Crippen LogP contribution in [0.2, 0.25) is 0 Å². The van der Waals surface area contributed by atoms with Crippen molar-refractivity contribution in [1.29, 1.82) is 0 Å². The van der Waals surface area contributed by atoms with Crippen LogP contribution in [0.15, 0.2) is 65.2 Å². The van der Waals surface area contributed by atoms with E-state index < -0.39 is 0 Å². The first-order valence-corrected chi connectivity index (χ1v) is 12.3. The summed E-state index contributed by atoms with van der Waals surface area (Å²) < 4.78 is 5.38. The lowest BCUT2D eigenvalue weighted by Gasteiger charge is -2.19. The normalized spacial score (nSPS) is 14.1. The van der Waals surface area contributed by atoms with Gasteiger partial charge in [0.1, 0.15) is 0 Å². The summed E-state index contributed by atoms with van der Waals surface area (Å²) in [5.74, 6) is -0.463. The van der Waals surface area contributed by atoms with Crippen molar-refractivity contribution < 1.29 is 14.1 Å². The molecular formula is C28H29N5O3. The topological polar surface area (TPSA) is 100 Å². The van der Waals surface area contributed by atoms with Crippen LogP contribution in [-0.2, 0) is 4.79 Å². The van der Waals surface area contributed by atoms with Crippen LogP contribution >= 0.6 is 0 Å². The lowest BCUT2D eigenvalue weighted by atomic mass is 10.0. The highest BCUT2D eigenvalue weighted by Crippen LogP contribution is 2.27. The zero-order valence-electron chi connectivity index (χ0n) is 20.5. The van der Waals surface area contributed by atoms with E-state index in [1.165, 1.54) is 12.8 Å². The van der Waals surface area contributed by atoms with Gasteiger partial charge in [-0.25, -0.2) is 4.98 Å². The van der Waals surface area contributed by atoms with E-state index in [9.17, 15) is 9.59 Å². The number of hydrogen-bond donors (Lipinski definition) is 2. The number of hydrogen-bond acceptors (Lipinski definition) is 6. The molecular weight excluding hydrogens is 454 g/mol. The first-order chi connectivity index (χ1) is 17.5. The molecule has 2 aromatic carbocycles. The molecule has 2 N–H and O–H groups in total. The number of nitrogens with one attached hydrogen (secondary N) is 2. The van der Waals surface area contributed by atoms with Gasteiger partial charge in [-0.3, -0.25) is 9.59 Å². The molecule has 0 aliphatic carbocycles. The van der Waals surface area contributed by atoms with Crippen molar-refractivity contribution in [2.75, 3.05) is 23.3 Å². The molecule has 5 rings (SSSR count). The second-order valence-corrected chi connectivity index (χ2v) is 9.24. The van der Waals surface area contributed by atoms with E-state index in [1.54, 1.807) is 13.0 Å². The number of nitrogens with zero attached hydrogens (tertiary/aromatic N) is 3. The number of aromatic nitrogens is 2. The number of amides is 2. The summed E-state index contributed by atoms with van der Waals surface area (Å²) in [4.78, 5) is 32.9. The van der Waals surface area contributed by atoms with Gasteiger partial charge >= 0.3 is 0 Å². The highest BCUT2D eigenvalue weighted by atomic mass is 16.5. The van der Waals surface area contributed by atoms with E-state index in [0.29, 0.717) is 28.1 Å². The standard InChI is InChI=1S/C28H29N5O3/c1-18(15-25(34)30-21-11-8-12-22(16-21)33-13-6-7-14-33)29-27(35)23-17-24(20-9-4-3-5-10-20)31-28-26(23)19(2)32-36-28/h3-5,8-12,16-18H,6-7,13-15H2,1-2H3,(H,29,35)(H,30,34). The largest absolute Gasteiger partial charge is 0.371 e. The summed E-state index contributed by atoms with van der Waals surface area (Å²) in [5.41, 5.74) is 4.67. The third kappa shape index (κ3) is 5.07. The number of anilines is 2. The smallest absolute Gasteiger partial charge is 0.259 e.